The van der Waals surface area contributed by atoms with Crippen LogP contribution < -0.4 is 5.32 Å². The Morgan fingerprint density at radius 3 is 2.13 bits per heavy atom. The Morgan fingerprint density at radius 2 is 1.70 bits per heavy atom. The number of hydrogen-bond acceptors (Lipinski definition) is 5. The molecule has 0 saturated carbocycles. The number of nitriles is 1. The predicted molar refractivity (Wildman–Crippen MR) is 80.7 cm³/mol. The van der Waals surface area contributed by atoms with Crippen molar-refractivity contribution in [1.29, 1.82) is 5.26 Å². The maximum Gasteiger partial charge on any atom is 0.334 e. The highest BCUT2D eigenvalue weighted by molar-refractivity contribution is 6.45. The molecule has 0 aromatic heterocycles. The van der Waals surface area contributed by atoms with Gasteiger partial charge in [-0.3, -0.25) is 19.3 Å². The fourth-order valence-electron chi connectivity index (χ4n) is 1.99. The Balaban J connectivity index is 2.83. The highest BCUT2D eigenvalue weighted by Crippen LogP contribution is 2.17. The van der Waals surface area contributed by atoms with E-state index in [2.05, 4.69) is 5.32 Å². The number of carbonyl (C=O) groups excluding carboxylic acids is 4. The average molecular weight is 322 g/mol. The van der Waals surface area contributed by atoms with Crippen LogP contribution in [-0.2, 0) is 14.4 Å². The lowest BCUT2D eigenvalue weighted by atomic mass is 9.90. The zero-order valence-electron chi connectivity index (χ0n) is 14.0. The van der Waals surface area contributed by atoms with Crippen molar-refractivity contribution in [3.05, 3.63) is 0 Å². The smallest absolute Gasteiger partial charge is 0.334 e. The van der Waals surface area contributed by atoms with E-state index in [1.807, 2.05) is 6.07 Å². The first-order valence-electron chi connectivity index (χ1n) is 7.43. The quantitative estimate of drug-likeness (QED) is 0.565. The third-order valence-corrected chi connectivity index (χ3v) is 3.77. The molecule has 1 saturated heterocycles. The predicted octanol–water partition coefficient (Wildman–Crippen LogP) is 0.488. The Kier molecular flexibility index (Phi) is 5.48. The Labute approximate surface area is 135 Å². The van der Waals surface area contributed by atoms with Crippen LogP contribution in [-0.4, -0.2) is 52.2 Å². The highest BCUT2D eigenvalue weighted by atomic mass is 16.2. The molecular formula is C15H22N4O4. The molecular weight excluding hydrogens is 300 g/mol. The number of hydrogen-bond donors (Lipinski definition) is 1. The summed E-state index contributed by atoms with van der Waals surface area (Å²) in [5.74, 6) is -2.77. The molecule has 8 nitrogen and oxygen atoms in total. The van der Waals surface area contributed by atoms with Gasteiger partial charge in [0.2, 0.25) is 5.91 Å². The molecule has 23 heavy (non-hydrogen) atoms. The highest BCUT2D eigenvalue weighted by Gasteiger charge is 2.45. The van der Waals surface area contributed by atoms with Crippen molar-refractivity contribution in [2.24, 2.45) is 11.8 Å². The van der Waals surface area contributed by atoms with Crippen molar-refractivity contribution >= 4 is 23.8 Å². The van der Waals surface area contributed by atoms with Gasteiger partial charge in [0.05, 0.1) is 6.07 Å². The number of amides is 5. The van der Waals surface area contributed by atoms with Gasteiger partial charge in [-0.05, 0) is 18.8 Å². The summed E-state index contributed by atoms with van der Waals surface area (Å²) in [6.45, 7) is 8.24. The second kappa shape index (κ2) is 6.77. The van der Waals surface area contributed by atoms with E-state index in [-0.39, 0.29) is 18.4 Å². The first kappa shape index (κ1) is 18.6. The van der Waals surface area contributed by atoms with E-state index < -0.39 is 35.8 Å². The molecule has 0 aromatic carbocycles. The van der Waals surface area contributed by atoms with Gasteiger partial charge in [-0.2, -0.15) is 5.26 Å². The SMILES string of the molecule is CC(C)CN1C(=O)C(=O)N(CC(=O)N[C@](C)(C#N)C(C)C)C1=O. The van der Waals surface area contributed by atoms with Crippen LogP contribution in [0.1, 0.15) is 34.6 Å². The molecule has 0 radical (unpaired) electrons. The van der Waals surface area contributed by atoms with E-state index in [0.717, 1.165) is 4.90 Å². The van der Waals surface area contributed by atoms with E-state index in [1.165, 1.54) is 0 Å². The van der Waals surface area contributed by atoms with Gasteiger partial charge >= 0.3 is 17.8 Å². The van der Waals surface area contributed by atoms with Gasteiger partial charge in [0, 0.05) is 6.54 Å². The van der Waals surface area contributed by atoms with E-state index >= 15 is 0 Å². The summed E-state index contributed by atoms with van der Waals surface area (Å²) in [5, 5.41) is 11.7. The molecule has 1 heterocycles. The van der Waals surface area contributed by atoms with Crippen LogP contribution in [0.4, 0.5) is 4.79 Å². The van der Waals surface area contributed by atoms with Crippen molar-refractivity contribution in [2.75, 3.05) is 13.1 Å². The van der Waals surface area contributed by atoms with Gasteiger partial charge in [-0.1, -0.05) is 27.7 Å². The van der Waals surface area contributed by atoms with Gasteiger partial charge in [0.25, 0.3) is 0 Å². The summed E-state index contributed by atoms with van der Waals surface area (Å²) in [7, 11) is 0. The molecule has 126 valence electrons. The number of rotatable bonds is 6. The van der Waals surface area contributed by atoms with Crippen molar-refractivity contribution in [3.8, 4) is 6.07 Å². The number of imide groups is 2. The molecule has 0 spiro atoms. The Hall–Kier alpha value is -2.43. The minimum atomic E-state index is -1.12. The summed E-state index contributed by atoms with van der Waals surface area (Å²) in [4.78, 5) is 49.4. The molecule has 1 N–H and O–H groups in total. The van der Waals surface area contributed by atoms with Gasteiger partial charge in [-0.25, -0.2) is 9.69 Å². The molecule has 0 bridgehead atoms. The molecule has 0 aliphatic carbocycles. The largest absolute Gasteiger partial charge is 0.336 e. The lowest BCUT2D eigenvalue weighted by molar-refractivity contribution is -0.144. The maximum absolute atomic E-state index is 12.1. The zero-order chi connectivity index (χ0) is 17.9. The first-order chi connectivity index (χ1) is 10.5. The zero-order valence-corrected chi connectivity index (χ0v) is 14.0. The average Bonchev–Trinajstić information content (AvgIpc) is 2.64. The number of urea groups is 1. The molecule has 1 rings (SSSR count). The van der Waals surface area contributed by atoms with Gasteiger partial charge < -0.3 is 5.32 Å². The van der Waals surface area contributed by atoms with E-state index in [1.54, 1.807) is 34.6 Å². The number of nitrogens with zero attached hydrogens (tertiary/aromatic N) is 3. The molecule has 1 aliphatic heterocycles. The van der Waals surface area contributed by atoms with Crippen LogP contribution in [0.3, 0.4) is 0 Å². The standard InChI is InChI=1S/C15H22N4O4/c1-9(2)6-18-12(21)13(22)19(14(18)23)7-11(20)17-15(5,8-16)10(3)4/h9-10H,6-7H2,1-5H3,(H,17,20)/t15-/m1/s1. The van der Waals surface area contributed by atoms with Crippen LogP contribution >= 0.6 is 0 Å². The monoisotopic (exact) mass is 322 g/mol. The molecule has 1 atom stereocenters. The molecule has 0 unspecified atom stereocenters. The van der Waals surface area contributed by atoms with Gasteiger partial charge in [-0.15, -0.1) is 0 Å². The molecule has 0 aromatic rings. The Morgan fingerprint density at radius 1 is 1.17 bits per heavy atom. The van der Waals surface area contributed by atoms with E-state index in [0.29, 0.717) is 4.90 Å². The fourth-order valence-corrected chi connectivity index (χ4v) is 1.99. The van der Waals surface area contributed by atoms with Crippen LogP contribution in [0.15, 0.2) is 0 Å². The second-order valence-corrected chi connectivity index (χ2v) is 6.50. The molecule has 1 fully saturated rings. The summed E-state index contributed by atoms with van der Waals surface area (Å²) < 4.78 is 0. The summed E-state index contributed by atoms with van der Waals surface area (Å²) in [6.07, 6.45) is 0. The topological polar surface area (TPSA) is 111 Å². The summed E-state index contributed by atoms with van der Waals surface area (Å²) in [6, 6.07) is 1.20. The minimum Gasteiger partial charge on any atom is -0.336 e. The summed E-state index contributed by atoms with van der Waals surface area (Å²) in [5.41, 5.74) is -1.12. The lowest BCUT2D eigenvalue weighted by Crippen LogP contribution is -2.52. The number of nitrogens with one attached hydrogen (secondary N) is 1. The van der Waals surface area contributed by atoms with Crippen LogP contribution in [0.2, 0.25) is 0 Å². The fraction of sp³-hybridized carbons (Fsp3) is 0.667. The first-order valence-corrected chi connectivity index (χ1v) is 7.43. The normalized spacial score (nSPS) is 17.7. The molecule has 5 amide bonds. The van der Waals surface area contributed by atoms with Crippen LogP contribution in [0, 0.1) is 23.2 Å². The van der Waals surface area contributed by atoms with Crippen LogP contribution in [0.5, 0.6) is 0 Å². The minimum absolute atomic E-state index is 0.00676. The molecule has 8 heteroatoms. The van der Waals surface area contributed by atoms with Crippen LogP contribution in [0.25, 0.3) is 0 Å². The van der Waals surface area contributed by atoms with Gasteiger partial charge in [0.15, 0.2) is 0 Å². The van der Waals surface area contributed by atoms with Crippen molar-refractivity contribution in [2.45, 2.75) is 40.2 Å². The second-order valence-electron chi connectivity index (χ2n) is 6.50. The molecule has 1 aliphatic rings. The van der Waals surface area contributed by atoms with E-state index in [9.17, 15) is 24.4 Å². The Bertz CT molecular complexity index is 579. The van der Waals surface area contributed by atoms with Crippen molar-refractivity contribution in [3.63, 3.8) is 0 Å². The third kappa shape index (κ3) is 3.86. The van der Waals surface area contributed by atoms with Crippen molar-refractivity contribution < 1.29 is 19.2 Å². The maximum atomic E-state index is 12.1. The van der Waals surface area contributed by atoms with Crippen molar-refractivity contribution in [1.82, 2.24) is 15.1 Å². The number of carbonyl (C=O) groups is 4. The van der Waals surface area contributed by atoms with Gasteiger partial charge in [0.1, 0.15) is 12.1 Å². The van der Waals surface area contributed by atoms with E-state index in [4.69, 9.17) is 0 Å². The summed E-state index contributed by atoms with van der Waals surface area (Å²) >= 11 is 0. The lowest BCUT2D eigenvalue weighted by Gasteiger charge is -2.28. The third-order valence-electron chi connectivity index (χ3n) is 3.77.